The first-order valence-corrected chi connectivity index (χ1v) is 18.8. The lowest BCUT2D eigenvalue weighted by Gasteiger charge is -2.13. The highest BCUT2D eigenvalue weighted by atomic mass is 16.3. The van der Waals surface area contributed by atoms with Gasteiger partial charge in [0.1, 0.15) is 11.2 Å². The Bertz CT molecular complexity index is 3240. The van der Waals surface area contributed by atoms with Crippen molar-refractivity contribution in [1.82, 2.24) is 19.5 Å². The molecule has 0 saturated carbocycles. The number of fused-ring (bicyclic) bond motifs is 6. The molecule has 0 atom stereocenters. The lowest BCUT2D eigenvalue weighted by Crippen LogP contribution is -2.02. The third-order valence-electron chi connectivity index (χ3n) is 10.7. The Hall–Kier alpha value is -7.63. The maximum Gasteiger partial charge on any atom is 0.166 e. The molecule has 11 aromatic rings. The molecule has 0 aliphatic rings. The molecule has 0 aliphatic carbocycles. The highest BCUT2D eigenvalue weighted by molar-refractivity contribution is 6.14. The molecule has 0 amide bonds. The first-order valence-electron chi connectivity index (χ1n) is 18.8. The van der Waals surface area contributed by atoms with E-state index in [1.807, 2.05) is 42.5 Å². The summed E-state index contributed by atoms with van der Waals surface area (Å²) >= 11 is 0. The fourth-order valence-electron chi connectivity index (χ4n) is 8.05. The number of hydrogen-bond donors (Lipinski definition) is 0. The van der Waals surface area contributed by atoms with Crippen LogP contribution in [0.1, 0.15) is 0 Å². The smallest absolute Gasteiger partial charge is 0.166 e. The summed E-state index contributed by atoms with van der Waals surface area (Å²) in [6.45, 7) is 0. The van der Waals surface area contributed by atoms with E-state index in [9.17, 15) is 0 Å². The lowest BCUT2D eigenvalue weighted by atomic mass is 10.0. The molecule has 56 heavy (non-hydrogen) atoms. The van der Waals surface area contributed by atoms with E-state index in [0.29, 0.717) is 17.5 Å². The first-order chi connectivity index (χ1) is 27.8. The van der Waals surface area contributed by atoms with Crippen LogP contribution in [-0.2, 0) is 0 Å². The molecule has 0 bridgehead atoms. The minimum Gasteiger partial charge on any atom is -0.455 e. The fourth-order valence-corrected chi connectivity index (χ4v) is 8.05. The van der Waals surface area contributed by atoms with E-state index in [4.69, 9.17) is 19.4 Å². The quantitative estimate of drug-likeness (QED) is 0.172. The second-order valence-corrected chi connectivity index (χ2v) is 14.0. The van der Waals surface area contributed by atoms with Crippen molar-refractivity contribution in [3.63, 3.8) is 0 Å². The van der Waals surface area contributed by atoms with Crippen LogP contribution in [0.15, 0.2) is 199 Å². The summed E-state index contributed by atoms with van der Waals surface area (Å²) in [6, 6.07) is 67.3. The molecule has 0 fully saturated rings. The van der Waals surface area contributed by atoms with Crippen LogP contribution >= 0.6 is 0 Å². The van der Waals surface area contributed by atoms with Gasteiger partial charge < -0.3 is 8.98 Å². The molecule has 0 aliphatic heterocycles. The zero-order chi connectivity index (χ0) is 37.0. The predicted octanol–water partition coefficient (Wildman–Crippen LogP) is 13.2. The average Bonchev–Trinajstić information content (AvgIpc) is 3.83. The molecule has 0 radical (unpaired) electrons. The number of aromatic nitrogens is 4. The summed E-state index contributed by atoms with van der Waals surface area (Å²) in [6.07, 6.45) is 0. The highest BCUT2D eigenvalue weighted by Gasteiger charge is 2.21. The van der Waals surface area contributed by atoms with Gasteiger partial charge in [-0.05, 0) is 47.0 Å². The van der Waals surface area contributed by atoms with Gasteiger partial charge >= 0.3 is 0 Å². The maximum atomic E-state index is 6.74. The van der Waals surface area contributed by atoms with Gasteiger partial charge in [0.05, 0.1) is 11.0 Å². The van der Waals surface area contributed by atoms with Crippen molar-refractivity contribution in [2.24, 2.45) is 0 Å². The van der Waals surface area contributed by atoms with E-state index >= 15 is 0 Å². The van der Waals surface area contributed by atoms with Crippen LogP contribution in [0, 0.1) is 0 Å². The summed E-state index contributed by atoms with van der Waals surface area (Å²) < 4.78 is 9.07. The van der Waals surface area contributed by atoms with Crippen molar-refractivity contribution in [2.75, 3.05) is 0 Å². The average molecular weight is 717 g/mol. The monoisotopic (exact) mass is 716 g/mol. The number of rotatable bonds is 6. The fraction of sp³-hybridized carbons (Fsp3) is 0. The van der Waals surface area contributed by atoms with Crippen molar-refractivity contribution in [1.29, 1.82) is 0 Å². The van der Waals surface area contributed by atoms with E-state index in [0.717, 1.165) is 88.4 Å². The van der Waals surface area contributed by atoms with Gasteiger partial charge in [-0.3, -0.25) is 0 Å². The van der Waals surface area contributed by atoms with E-state index in [1.165, 1.54) is 0 Å². The van der Waals surface area contributed by atoms with E-state index in [-0.39, 0.29) is 0 Å². The molecule has 262 valence electrons. The van der Waals surface area contributed by atoms with Crippen LogP contribution in [0.25, 0.3) is 106 Å². The summed E-state index contributed by atoms with van der Waals surface area (Å²) in [5.41, 5.74) is 12.0. The van der Waals surface area contributed by atoms with Gasteiger partial charge in [0.25, 0.3) is 0 Å². The van der Waals surface area contributed by atoms with Crippen molar-refractivity contribution >= 4 is 43.7 Å². The number of hydrogen-bond acceptors (Lipinski definition) is 4. The van der Waals surface area contributed by atoms with Crippen LogP contribution < -0.4 is 0 Å². The van der Waals surface area contributed by atoms with Gasteiger partial charge in [0, 0.05) is 55.6 Å². The Labute approximate surface area is 322 Å². The molecule has 3 heterocycles. The number of para-hydroxylation sites is 3. The van der Waals surface area contributed by atoms with Crippen LogP contribution in [0.5, 0.6) is 0 Å². The minimum absolute atomic E-state index is 0.603. The molecule has 0 saturated heterocycles. The van der Waals surface area contributed by atoms with E-state index in [2.05, 4.69) is 156 Å². The Morgan fingerprint density at radius 1 is 0.357 bits per heavy atom. The van der Waals surface area contributed by atoms with Crippen molar-refractivity contribution < 1.29 is 4.42 Å². The summed E-state index contributed by atoms with van der Waals surface area (Å²) in [7, 11) is 0. The maximum absolute atomic E-state index is 6.74. The molecule has 5 heteroatoms. The summed E-state index contributed by atoms with van der Waals surface area (Å²) in [5, 5.41) is 4.44. The molecule has 8 aromatic carbocycles. The Morgan fingerprint density at radius 3 is 1.71 bits per heavy atom. The van der Waals surface area contributed by atoms with Crippen LogP contribution in [0.4, 0.5) is 0 Å². The summed E-state index contributed by atoms with van der Waals surface area (Å²) in [4.78, 5) is 15.5. The zero-order valence-electron chi connectivity index (χ0n) is 30.2. The third-order valence-corrected chi connectivity index (χ3v) is 10.7. The molecule has 0 spiro atoms. The zero-order valence-corrected chi connectivity index (χ0v) is 30.2. The lowest BCUT2D eigenvalue weighted by molar-refractivity contribution is 0.669. The molecular formula is C51H32N4O. The number of furan rings is 1. The second kappa shape index (κ2) is 13.0. The Balaban J connectivity index is 1.14. The van der Waals surface area contributed by atoms with Gasteiger partial charge in [-0.1, -0.05) is 158 Å². The van der Waals surface area contributed by atoms with Gasteiger partial charge in [0.2, 0.25) is 0 Å². The Kier molecular flexibility index (Phi) is 7.42. The summed E-state index contributed by atoms with van der Waals surface area (Å²) in [5.74, 6) is 1.84. The number of nitrogens with zero attached hydrogens (tertiary/aromatic N) is 4. The van der Waals surface area contributed by atoms with Crippen molar-refractivity contribution in [3.8, 4) is 62.1 Å². The standard InChI is InChI=1S/C51H32N4O/c1-4-15-33(16-5-1)36-21-12-22-37(31-36)50-52-49(35-19-8-3-9-20-35)53-51(54-50)44-27-14-25-42-40-23-10-11-28-45(40)55(47(42)44)38-29-30-41-43-26-13-24-39(34-17-6-2-7-18-34)48(43)56-46(41)32-38/h1-32H. The highest BCUT2D eigenvalue weighted by Crippen LogP contribution is 2.41. The van der Waals surface area contributed by atoms with Crippen LogP contribution in [0.3, 0.4) is 0 Å². The van der Waals surface area contributed by atoms with Gasteiger partial charge in [-0.2, -0.15) is 0 Å². The van der Waals surface area contributed by atoms with E-state index in [1.54, 1.807) is 0 Å². The SMILES string of the molecule is c1ccc(-c2cccc(-c3nc(-c4ccccc4)nc(-c4cccc5c6ccccc6n(-c6ccc7c(c6)oc6c(-c8ccccc8)cccc67)c45)n3)c2)cc1. The van der Waals surface area contributed by atoms with Crippen molar-refractivity contribution in [2.45, 2.75) is 0 Å². The third kappa shape index (κ3) is 5.29. The van der Waals surface area contributed by atoms with Crippen molar-refractivity contribution in [3.05, 3.63) is 194 Å². The largest absolute Gasteiger partial charge is 0.455 e. The van der Waals surface area contributed by atoms with Crippen LogP contribution in [0.2, 0.25) is 0 Å². The minimum atomic E-state index is 0.603. The van der Waals surface area contributed by atoms with Gasteiger partial charge in [0.15, 0.2) is 17.5 Å². The topological polar surface area (TPSA) is 56.7 Å². The molecule has 0 N–H and O–H groups in total. The molecule has 5 nitrogen and oxygen atoms in total. The first kappa shape index (κ1) is 31.9. The molecular weight excluding hydrogens is 685 g/mol. The Morgan fingerprint density at radius 2 is 0.929 bits per heavy atom. The number of benzene rings is 8. The van der Waals surface area contributed by atoms with Crippen LogP contribution in [-0.4, -0.2) is 19.5 Å². The molecule has 3 aromatic heterocycles. The predicted molar refractivity (Wildman–Crippen MR) is 229 cm³/mol. The molecule has 0 unspecified atom stereocenters. The normalized spacial score (nSPS) is 11.6. The second-order valence-electron chi connectivity index (χ2n) is 14.0. The van der Waals surface area contributed by atoms with Gasteiger partial charge in [-0.15, -0.1) is 0 Å². The van der Waals surface area contributed by atoms with E-state index < -0.39 is 0 Å². The van der Waals surface area contributed by atoms with Gasteiger partial charge in [-0.25, -0.2) is 15.0 Å². The molecule has 11 rings (SSSR count).